The Morgan fingerprint density at radius 2 is 1.87 bits per heavy atom. The van der Waals surface area contributed by atoms with Gasteiger partial charge in [-0.3, -0.25) is 0 Å². The third-order valence-electron chi connectivity index (χ3n) is 6.03. The number of carbonyl (C=O) groups is 1. The lowest BCUT2D eigenvalue weighted by atomic mass is 9.51. The van der Waals surface area contributed by atoms with Crippen LogP contribution in [0.5, 0.6) is 0 Å². The first-order chi connectivity index (χ1) is 10.9. The second kappa shape index (κ2) is 5.64. The third kappa shape index (κ3) is 2.74. The summed E-state index contributed by atoms with van der Waals surface area (Å²) in [5, 5.41) is 0. The molecule has 1 saturated carbocycles. The maximum Gasteiger partial charge on any atom is 0.226 e. The van der Waals surface area contributed by atoms with Crippen molar-refractivity contribution in [3.63, 3.8) is 0 Å². The summed E-state index contributed by atoms with van der Waals surface area (Å²) in [6, 6.07) is 10.7. The quantitative estimate of drug-likeness (QED) is 0.699. The van der Waals surface area contributed by atoms with E-state index >= 15 is 0 Å². The first kappa shape index (κ1) is 16.0. The zero-order valence-electron chi connectivity index (χ0n) is 14.3. The van der Waals surface area contributed by atoms with Crippen LogP contribution in [0.25, 0.3) is 4.85 Å². The van der Waals surface area contributed by atoms with Gasteiger partial charge < -0.3 is 4.79 Å². The maximum absolute atomic E-state index is 12.6. The fourth-order valence-electron chi connectivity index (χ4n) is 5.01. The average molecular weight is 307 g/mol. The van der Waals surface area contributed by atoms with Crippen molar-refractivity contribution < 1.29 is 4.79 Å². The Balaban J connectivity index is 1.87. The van der Waals surface area contributed by atoms with Crippen LogP contribution in [-0.2, 0) is 11.2 Å². The van der Waals surface area contributed by atoms with Crippen molar-refractivity contribution in [3.8, 4) is 0 Å². The molecule has 0 amide bonds. The number of nitrogens with zero attached hydrogens (tertiary/aromatic N) is 1. The van der Waals surface area contributed by atoms with E-state index in [1.54, 1.807) is 0 Å². The smallest absolute Gasteiger partial charge is 0.226 e. The summed E-state index contributed by atoms with van der Waals surface area (Å²) < 4.78 is 0. The standard InChI is InChI=1S/C21H25NO/c1-20(2)18-11-10-16(12-15-8-6-5-7-9-15)13-21(18,3)14-17(22-4)19(20)23/h5-9,14,16,18H,10-13H2,1-3H3/t16-,18+,21+/m1/s1. The molecule has 2 aliphatic carbocycles. The van der Waals surface area contributed by atoms with E-state index in [4.69, 9.17) is 6.57 Å². The third-order valence-corrected chi connectivity index (χ3v) is 6.03. The Kier molecular flexibility index (Phi) is 3.92. The Hall–Kier alpha value is -1.88. The molecule has 1 aromatic rings. The summed E-state index contributed by atoms with van der Waals surface area (Å²) in [6.45, 7) is 13.7. The van der Waals surface area contributed by atoms with E-state index in [1.165, 1.54) is 12.0 Å². The van der Waals surface area contributed by atoms with Crippen LogP contribution in [0.15, 0.2) is 42.1 Å². The highest BCUT2D eigenvalue weighted by Gasteiger charge is 2.53. The van der Waals surface area contributed by atoms with Gasteiger partial charge in [0.15, 0.2) is 5.78 Å². The van der Waals surface area contributed by atoms with Crippen molar-refractivity contribution in [2.24, 2.45) is 22.7 Å². The largest absolute Gasteiger partial charge is 0.307 e. The molecule has 0 radical (unpaired) electrons. The second-order valence-electron chi connectivity index (χ2n) is 8.09. The number of hydrogen-bond donors (Lipinski definition) is 0. The second-order valence-corrected chi connectivity index (χ2v) is 8.09. The van der Waals surface area contributed by atoms with Crippen molar-refractivity contribution in [2.45, 2.75) is 46.5 Å². The molecule has 23 heavy (non-hydrogen) atoms. The minimum atomic E-state index is -0.416. The number of Topliss-reactive ketones (excluding diaryl/α,β-unsaturated/α-hetero) is 1. The van der Waals surface area contributed by atoms with Crippen molar-refractivity contribution >= 4 is 5.78 Å². The van der Waals surface area contributed by atoms with E-state index in [2.05, 4.69) is 42.1 Å². The molecular weight excluding hydrogens is 282 g/mol. The van der Waals surface area contributed by atoms with Crippen LogP contribution >= 0.6 is 0 Å². The topological polar surface area (TPSA) is 21.4 Å². The first-order valence-corrected chi connectivity index (χ1v) is 8.56. The summed E-state index contributed by atoms with van der Waals surface area (Å²) in [7, 11) is 0. The minimum Gasteiger partial charge on any atom is -0.307 e. The van der Waals surface area contributed by atoms with Gasteiger partial charge in [-0.1, -0.05) is 57.2 Å². The lowest BCUT2D eigenvalue weighted by Gasteiger charge is -2.52. The molecular formula is C21H25NO. The monoisotopic (exact) mass is 307 g/mol. The maximum atomic E-state index is 12.6. The molecule has 0 N–H and O–H groups in total. The molecule has 0 spiro atoms. The highest BCUT2D eigenvalue weighted by molar-refractivity contribution is 6.02. The molecule has 1 fully saturated rings. The minimum absolute atomic E-state index is 0.0327. The number of carbonyl (C=O) groups excluding carboxylic acids is 1. The van der Waals surface area contributed by atoms with Gasteiger partial charge in [0.05, 0.1) is 6.57 Å². The predicted octanol–water partition coefficient (Wildman–Crippen LogP) is 5.06. The van der Waals surface area contributed by atoms with Crippen molar-refractivity contribution in [1.29, 1.82) is 0 Å². The molecule has 0 aliphatic heterocycles. The number of allylic oxidation sites excluding steroid dienone is 2. The number of ketones is 1. The summed E-state index contributed by atoms with van der Waals surface area (Å²) in [6.07, 6.45) is 6.41. The highest BCUT2D eigenvalue weighted by atomic mass is 16.1. The average Bonchev–Trinajstić information content (AvgIpc) is 2.52. The molecule has 0 saturated heterocycles. The normalized spacial score (nSPS) is 32.6. The molecule has 0 aromatic heterocycles. The molecule has 1 aromatic carbocycles. The van der Waals surface area contributed by atoms with E-state index in [0.717, 1.165) is 19.3 Å². The van der Waals surface area contributed by atoms with Crippen LogP contribution < -0.4 is 0 Å². The van der Waals surface area contributed by atoms with Gasteiger partial charge in [-0.2, -0.15) is 0 Å². The van der Waals surface area contributed by atoms with Gasteiger partial charge in [-0.25, -0.2) is 4.85 Å². The van der Waals surface area contributed by atoms with Crippen molar-refractivity contribution in [1.82, 2.24) is 0 Å². The number of rotatable bonds is 2. The number of hydrogen-bond acceptors (Lipinski definition) is 1. The van der Waals surface area contributed by atoms with Crippen molar-refractivity contribution in [2.75, 3.05) is 0 Å². The molecule has 0 heterocycles. The molecule has 0 unspecified atom stereocenters. The van der Waals surface area contributed by atoms with Crippen LogP contribution in [-0.4, -0.2) is 5.78 Å². The summed E-state index contributed by atoms with van der Waals surface area (Å²) in [5.41, 5.74) is 1.30. The summed E-state index contributed by atoms with van der Waals surface area (Å²) in [5.74, 6) is 1.02. The molecule has 2 aliphatic rings. The first-order valence-electron chi connectivity index (χ1n) is 8.56. The lowest BCUT2D eigenvalue weighted by Crippen LogP contribution is -2.49. The van der Waals surface area contributed by atoms with Crippen LogP contribution in [0.3, 0.4) is 0 Å². The van der Waals surface area contributed by atoms with Gasteiger partial charge in [-0.15, -0.1) is 0 Å². The molecule has 3 atom stereocenters. The Labute approximate surface area is 139 Å². The predicted molar refractivity (Wildman–Crippen MR) is 92.6 cm³/mol. The molecule has 3 rings (SSSR count). The van der Waals surface area contributed by atoms with Crippen LogP contribution in [0.4, 0.5) is 0 Å². The Morgan fingerprint density at radius 3 is 2.52 bits per heavy atom. The number of benzene rings is 1. The van der Waals surface area contributed by atoms with Gasteiger partial charge in [0.25, 0.3) is 0 Å². The molecule has 2 nitrogen and oxygen atoms in total. The van der Waals surface area contributed by atoms with E-state index in [-0.39, 0.29) is 11.2 Å². The van der Waals surface area contributed by atoms with Crippen LogP contribution in [0.2, 0.25) is 0 Å². The van der Waals surface area contributed by atoms with Crippen LogP contribution in [0, 0.1) is 29.2 Å². The fraction of sp³-hybridized carbons (Fsp3) is 0.524. The highest BCUT2D eigenvalue weighted by Crippen LogP contribution is 2.56. The molecule has 120 valence electrons. The van der Waals surface area contributed by atoms with Gasteiger partial charge in [-0.05, 0) is 48.5 Å². The van der Waals surface area contributed by atoms with Gasteiger partial charge in [0, 0.05) is 5.41 Å². The van der Waals surface area contributed by atoms with Crippen LogP contribution in [0.1, 0.15) is 45.6 Å². The SMILES string of the molecule is [C-]#[N+]C1=C[C@]2(C)C[C@@H](Cc3ccccc3)CC[C@H]2C(C)(C)C1=O. The summed E-state index contributed by atoms with van der Waals surface area (Å²) in [4.78, 5) is 16.1. The zero-order valence-corrected chi connectivity index (χ0v) is 14.3. The molecule has 0 bridgehead atoms. The lowest BCUT2D eigenvalue weighted by molar-refractivity contribution is -0.131. The van der Waals surface area contributed by atoms with E-state index in [1.807, 2.05) is 19.9 Å². The van der Waals surface area contributed by atoms with E-state index in [9.17, 15) is 4.79 Å². The van der Waals surface area contributed by atoms with E-state index in [0.29, 0.717) is 17.5 Å². The van der Waals surface area contributed by atoms with Gasteiger partial charge >= 0.3 is 0 Å². The Morgan fingerprint density at radius 1 is 1.17 bits per heavy atom. The van der Waals surface area contributed by atoms with Gasteiger partial charge in [0.1, 0.15) is 0 Å². The summed E-state index contributed by atoms with van der Waals surface area (Å²) >= 11 is 0. The zero-order chi connectivity index (χ0) is 16.7. The molecule has 2 heteroatoms. The fourth-order valence-corrected chi connectivity index (χ4v) is 5.01. The van der Waals surface area contributed by atoms with Gasteiger partial charge in [0.2, 0.25) is 5.70 Å². The Bertz CT molecular complexity index is 680. The number of fused-ring (bicyclic) bond motifs is 1. The van der Waals surface area contributed by atoms with Crippen molar-refractivity contribution in [3.05, 3.63) is 59.1 Å². The van der Waals surface area contributed by atoms with E-state index < -0.39 is 5.41 Å².